The molecule has 6 heteroatoms. The molecule has 17 heavy (non-hydrogen) atoms. The molecule has 0 spiro atoms. The van der Waals surface area contributed by atoms with Crippen molar-refractivity contribution in [3.63, 3.8) is 0 Å². The summed E-state index contributed by atoms with van der Waals surface area (Å²) in [6.45, 7) is 1.88. The quantitative estimate of drug-likeness (QED) is 0.609. The van der Waals surface area contributed by atoms with Crippen LogP contribution in [0, 0.1) is 12.3 Å². The Morgan fingerprint density at radius 3 is 2.65 bits per heavy atom. The van der Waals surface area contributed by atoms with Crippen LogP contribution in [0.2, 0.25) is 0 Å². The van der Waals surface area contributed by atoms with Gasteiger partial charge in [0.15, 0.2) is 5.69 Å². The van der Waals surface area contributed by atoms with Crippen LogP contribution in [0.4, 0.5) is 0 Å². The fourth-order valence-corrected chi connectivity index (χ4v) is 1.21. The molecular formula is C11H11N5O. The summed E-state index contributed by atoms with van der Waals surface area (Å²) in [7, 11) is 0. The number of hydrogen-bond acceptors (Lipinski definition) is 5. The van der Waals surface area contributed by atoms with Crippen LogP contribution >= 0.6 is 0 Å². The van der Waals surface area contributed by atoms with E-state index in [0.29, 0.717) is 5.75 Å². The van der Waals surface area contributed by atoms with Gasteiger partial charge in [0, 0.05) is 18.1 Å². The predicted octanol–water partition coefficient (Wildman–Crippen LogP) is 1.26. The number of nitrogens with one attached hydrogen (secondary N) is 1. The maximum atomic E-state index is 7.36. The van der Waals surface area contributed by atoms with Gasteiger partial charge in [-0.1, -0.05) is 0 Å². The van der Waals surface area contributed by atoms with Gasteiger partial charge in [-0.25, -0.2) is 9.97 Å². The lowest BCUT2D eigenvalue weighted by Gasteiger charge is -2.07. The van der Waals surface area contributed by atoms with Gasteiger partial charge in [-0.15, -0.1) is 0 Å². The van der Waals surface area contributed by atoms with E-state index < -0.39 is 0 Å². The van der Waals surface area contributed by atoms with Crippen molar-refractivity contribution in [2.24, 2.45) is 5.73 Å². The number of nitrogens with two attached hydrogens (primary N) is 1. The minimum atomic E-state index is -0.187. The number of aryl methyl sites for hydroxylation is 1. The molecule has 6 nitrogen and oxygen atoms in total. The topological polar surface area (TPSA) is 97.8 Å². The van der Waals surface area contributed by atoms with Gasteiger partial charge >= 0.3 is 0 Å². The second-order valence-electron chi connectivity index (χ2n) is 3.36. The molecule has 0 aliphatic rings. The van der Waals surface area contributed by atoms with Crippen LogP contribution < -0.4 is 10.5 Å². The van der Waals surface area contributed by atoms with Gasteiger partial charge in [-0.2, -0.15) is 0 Å². The zero-order valence-electron chi connectivity index (χ0n) is 9.21. The van der Waals surface area contributed by atoms with Gasteiger partial charge in [0.2, 0.25) is 5.88 Å². The first-order chi connectivity index (χ1) is 8.16. The number of ether oxygens (including phenoxy) is 1. The van der Waals surface area contributed by atoms with Gasteiger partial charge in [-0.3, -0.25) is 10.4 Å². The van der Waals surface area contributed by atoms with Crippen molar-refractivity contribution in [3.05, 3.63) is 42.1 Å². The molecular weight excluding hydrogens is 218 g/mol. The van der Waals surface area contributed by atoms with Crippen LogP contribution in [0.1, 0.15) is 11.4 Å². The van der Waals surface area contributed by atoms with E-state index >= 15 is 0 Å². The molecule has 0 fully saturated rings. The summed E-state index contributed by atoms with van der Waals surface area (Å²) in [6.07, 6.45) is 4.51. The Morgan fingerprint density at radius 2 is 2.00 bits per heavy atom. The molecule has 0 aliphatic carbocycles. The zero-order valence-corrected chi connectivity index (χ0v) is 9.21. The maximum absolute atomic E-state index is 7.36. The van der Waals surface area contributed by atoms with Crippen molar-refractivity contribution in [2.45, 2.75) is 6.92 Å². The van der Waals surface area contributed by atoms with E-state index in [-0.39, 0.29) is 17.4 Å². The number of aromatic nitrogens is 3. The summed E-state index contributed by atoms with van der Waals surface area (Å²) in [5.41, 5.74) is 6.49. The first-order valence-corrected chi connectivity index (χ1v) is 4.93. The molecule has 2 aromatic heterocycles. The summed E-state index contributed by atoms with van der Waals surface area (Å²) in [5, 5.41) is 7.36. The summed E-state index contributed by atoms with van der Waals surface area (Å²) in [4.78, 5) is 12.0. The number of hydrogen-bond donors (Lipinski definition) is 2. The maximum Gasteiger partial charge on any atom is 0.249 e. The summed E-state index contributed by atoms with van der Waals surface area (Å²) >= 11 is 0. The SMILES string of the molecule is Cc1ccc(Oc2nccnc2C(=N)N)cn1. The normalized spacial score (nSPS) is 9.94. The molecule has 0 unspecified atom stereocenters. The highest BCUT2D eigenvalue weighted by molar-refractivity contribution is 5.95. The molecule has 0 aliphatic heterocycles. The first kappa shape index (κ1) is 11.0. The third-order valence-electron chi connectivity index (χ3n) is 2.02. The lowest BCUT2D eigenvalue weighted by molar-refractivity contribution is 0.456. The summed E-state index contributed by atoms with van der Waals surface area (Å²) < 4.78 is 5.47. The number of pyridine rings is 1. The van der Waals surface area contributed by atoms with Crippen molar-refractivity contribution >= 4 is 5.84 Å². The molecule has 0 radical (unpaired) electrons. The average Bonchev–Trinajstić information content (AvgIpc) is 2.32. The third kappa shape index (κ3) is 2.54. The Balaban J connectivity index is 2.30. The number of amidine groups is 1. The molecule has 2 rings (SSSR count). The highest BCUT2D eigenvalue weighted by atomic mass is 16.5. The van der Waals surface area contributed by atoms with E-state index in [4.69, 9.17) is 15.9 Å². The summed E-state index contributed by atoms with van der Waals surface area (Å²) in [5.74, 6) is 0.539. The molecule has 2 heterocycles. The van der Waals surface area contributed by atoms with Gasteiger partial charge in [0.1, 0.15) is 11.6 Å². The summed E-state index contributed by atoms with van der Waals surface area (Å²) in [6, 6.07) is 3.58. The molecule has 0 aromatic carbocycles. The van der Waals surface area contributed by atoms with Gasteiger partial charge < -0.3 is 10.5 Å². The number of nitrogens with zero attached hydrogens (tertiary/aromatic N) is 3. The zero-order chi connectivity index (χ0) is 12.3. The highest BCUT2D eigenvalue weighted by Crippen LogP contribution is 2.20. The van der Waals surface area contributed by atoms with Crippen molar-refractivity contribution in [1.82, 2.24) is 15.0 Å². The van der Waals surface area contributed by atoms with Crippen LogP contribution in [-0.2, 0) is 0 Å². The van der Waals surface area contributed by atoms with E-state index in [1.54, 1.807) is 12.3 Å². The Hall–Kier alpha value is -2.50. The fraction of sp³-hybridized carbons (Fsp3) is 0.0909. The van der Waals surface area contributed by atoms with E-state index in [0.717, 1.165) is 5.69 Å². The van der Waals surface area contributed by atoms with Crippen LogP contribution in [0.5, 0.6) is 11.6 Å². The van der Waals surface area contributed by atoms with Gasteiger partial charge in [0.05, 0.1) is 6.20 Å². The third-order valence-corrected chi connectivity index (χ3v) is 2.02. The van der Waals surface area contributed by atoms with Gasteiger partial charge in [0.25, 0.3) is 0 Å². The van der Waals surface area contributed by atoms with Crippen molar-refractivity contribution in [1.29, 1.82) is 5.41 Å². The largest absolute Gasteiger partial charge is 0.435 e. The smallest absolute Gasteiger partial charge is 0.249 e. The van der Waals surface area contributed by atoms with Crippen LogP contribution in [0.15, 0.2) is 30.7 Å². The van der Waals surface area contributed by atoms with Crippen molar-refractivity contribution in [3.8, 4) is 11.6 Å². The Bertz CT molecular complexity index is 538. The van der Waals surface area contributed by atoms with E-state index in [2.05, 4.69) is 15.0 Å². The molecule has 2 aromatic rings. The minimum Gasteiger partial charge on any atom is -0.435 e. The lowest BCUT2D eigenvalue weighted by atomic mass is 10.3. The second-order valence-corrected chi connectivity index (χ2v) is 3.36. The molecule has 0 bridgehead atoms. The van der Waals surface area contributed by atoms with E-state index in [1.807, 2.05) is 13.0 Å². The van der Waals surface area contributed by atoms with E-state index in [9.17, 15) is 0 Å². The van der Waals surface area contributed by atoms with Crippen LogP contribution in [-0.4, -0.2) is 20.8 Å². The first-order valence-electron chi connectivity index (χ1n) is 4.93. The number of rotatable bonds is 3. The second kappa shape index (κ2) is 4.56. The molecule has 3 N–H and O–H groups in total. The molecule has 0 atom stereocenters. The van der Waals surface area contributed by atoms with Crippen molar-refractivity contribution in [2.75, 3.05) is 0 Å². The molecule has 0 amide bonds. The van der Waals surface area contributed by atoms with Crippen LogP contribution in [0.25, 0.3) is 0 Å². The standard InChI is InChI=1S/C11H11N5O/c1-7-2-3-8(6-16-7)17-11-9(10(12)13)14-4-5-15-11/h2-6H,1H3,(H3,12,13). The average molecular weight is 229 g/mol. The van der Waals surface area contributed by atoms with E-state index in [1.165, 1.54) is 12.4 Å². The Kier molecular flexibility index (Phi) is 2.95. The number of nitrogen functional groups attached to an aromatic ring is 1. The predicted molar refractivity (Wildman–Crippen MR) is 62.1 cm³/mol. The van der Waals surface area contributed by atoms with Gasteiger partial charge in [-0.05, 0) is 19.1 Å². The molecule has 0 saturated heterocycles. The Labute approximate surface area is 98.0 Å². The monoisotopic (exact) mass is 229 g/mol. The van der Waals surface area contributed by atoms with Crippen LogP contribution in [0.3, 0.4) is 0 Å². The minimum absolute atomic E-state index is 0.187. The fourth-order valence-electron chi connectivity index (χ4n) is 1.21. The highest BCUT2D eigenvalue weighted by Gasteiger charge is 2.10. The lowest BCUT2D eigenvalue weighted by Crippen LogP contribution is -2.15. The Morgan fingerprint density at radius 1 is 1.24 bits per heavy atom. The van der Waals surface area contributed by atoms with Crippen molar-refractivity contribution < 1.29 is 4.74 Å². The molecule has 0 saturated carbocycles. The molecule has 86 valence electrons.